The smallest absolute Gasteiger partial charge is 0.386 e. The molecule has 53 heavy (non-hydrogen) atoms. The maximum atomic E-state index is 12.6. The number of nitrogens with one attached hydrogen (secondary N) is 2. The van der Waals surface area contributed by atoms with Gasteiger partial charge in [-0.25, -0.2) is 28.6 Å². The molecule has 0 spiro atoms. The van der Waals surface area contributed by atoms with Gasteiger partial charge in [-0.2, -0.15) is 4.31 Å². The van der Waals surface area contributed by atoms with Gasteiger partial charge in [0.2, 0.25) is 11.8 Å². The van der Waals surface area contributed by atoms with E-state index in [-0.39, 0.29) is 61.2 Å². The summed E-state index contributed by atoms with van der Waals surface area (Å²) in [5.74, 6) is -1.66. The number of aliphatic hydroxyl groups is 2. The zero-order valence-electron chi connectivity index (χ0n) is 28.5. The molecule has 0 aromatic carbocycles. The van der Waals surface area contributed by atoms with Crippen molar-refractivity contribution in [1.29, 1.82) is 0 Å². The van der Waals surface area contributed by atoms with Crippen molar-refractivity contribution < 1.29 is 80.5 Å². The molecule has 0 aliphatic carbocycles. The summed E-state index contributed by atoms with van der Waals surface area (Å²) < 4.78 is 61.9. The first-order valence-corrected chi connectivity index (χ1v) is 20.1. The molecule has 300 valence electrons. The summed E-state index contributed by atoms with van der Waals surface area (Å²) in [6, 6.07) is -0.310. The summed E-state index contributed by atoms with van der Waals surface area (Å²) >= 11 is 0. The van der Waals surface area contributed by atoms with E-state index in [2.05, 4.69) is 34.4 Å². The predicted molar refractivity (Wildman–Crippen MR) is 178 cm³/mol. The van der Waals surface area contributed by atoms with Crippen LogP contribution in [0.25, 0.3) is 11.2 Å². The lowest BCUT2D eigenvalue weighted by Gasteiger charge is -2.30. The van der Waals surface area contributed by atoms with E-state index in [1.54, 1.807) is 6.92 Å². The number of ether oxygens (including phenoxy) is 1. The SMILES string of the molecule is C[C@H](N)CC(=O)CCNC(=O)CCNC(=O)C(O)C(C)(C)COP(=O)(O)OP(=O)(O)OCC1OC(n2cnc3c(N)ncnc32)C(O)C1OP(=O)(O)O. The molecule has 0 bridgehead atoms. The van der Waals surface area contributed by atoms with E-state index in [1.165, 1.54) is 13.8 Å². The minimum Gasteiger partial charge on any atom is -0.386 e. The Hall–Kier alpha value is -2.83. The molecule has 1 aliphatic rings. The molecule has 3 heterocycles. The highest BCUT2D eigenvalue weighted by Crippen LogP contribution is 2.61. The third kappa shape index (κ3) is 13.5. The van der Waals surface area contributed by atoms with Gasteiger partial charge in [0.1, 0.15) is 42.0 Å². The van der Waals surface area contributed by atoms with Gasteiger partial charge in [-0.1, -0.05) is 13.8 Å². The Morgan fingerprint density at radius 2 is 1.68 bits per heavy atom. The third-order valence-corrected chi connectivity index (χ3v) is 10.5. The first-order valence-electron chi connectivity index (χ1n) is 15.6. The first-order chi connectivity index (χ1) is 24.4. The van der Waals surface area contributed by atoms with E-state index in [1.807, 2.05) is 0 Å². The summed E-state index contributed by atoms with van der Waals surface area (Å²) in [4.78, 5) is 86.9. The van der Waals surface area contributed by atoms with Gasteiger partial charge < -0.3 is 56.6 Å². The molecule has 0 radical (unpaired) electrons. The Bertz CT molecular complexity index is 1760. The largest absolute Gasteiger partial charge is 0.481 e. The molecular formula is C25H43N8O17P3. The number of phosphoric acid groups is 3. The van der Waals surface area contributed by atoms with Crippen molar-refractivity contribution in [3.05, 3.63) is 12.7 Å². The topological polar surface area (TPSA) is 390 Å². The zero-order valence-corrected chi connectivity index (χ0v) is 31.2. The van der Waals surface area contributed by atoms with E-state index in [9.17, 15) is 57.9 Å². The fraction of sp³-hybridized carbons (Fsp3) is 0.680. The standard InChI is InChI=1S/C25H43N8O17P3/c1-13(26)8-14(34)4-6-28-16(35)5-7-29-23(38)20(37)25(2,3)10-47-53(44,45)50-52(42,43)46-9-15-19(49-51(39,40)41)18(36)24(48-15)33-12-32-17-21(27)30-11-31-22(17)33/h11-13,15,18-20,24,36-37H,4-10,26H2,1-3H3,(H,28,35)(H,29,38)(H,42,43)(H,44,45)(H2,27,30,31)(H2,39,40,41)/t13-,15?,18?,19?,20?,24?/m0/s1. The number of amides is 2. The Labute approximate surface area is 301 Å². The number of nitrogen functional groups attached to an aromatic ring is 1. The van der Waals surface area contributed by atoms with Gasteiger partial charge in [0.05, 0.1) is 19.5 Å². The van der Waals surface area contributed by atoms with Crippen LogP contribution >= 0.6 is 23.5 Å². The van der Waals surface area contributed by atoms with E-state index < -0.39 is 84.6 Å². The number of nitrogens with zero attached hydrogens (tertiary/aromatic N) is 4. The van der Waals surface area contributed by atoms with Crippen molar-refractivity contribution in [2.45, 2.75) is 76.7 Å². The molecule has 12 N–H and O–H groups in total. The summed E-state index contributed by atoms with van der Waals surface area (Å²) in [5.41, 5.74) is 9.79. The predicted octanol–water partition coefficient (Wildman–Crippen LogP) is -1.90. The van der Waals surface area contributed by atoms with Crippen LogP contribution in [0.4, 0.5) is 5.82 Å². The molecule has 25 nitrogen and oxygen atoms in total. The van der Waals surface area contributed by atoms with Crippen LogP contribution in [0.2, 0.25) is 0 Å². The van der Waals surface area contributed by atoms with Crippen LogP contribution in [-0.4, -0.2) is 124 Å². The van der Waals surface area contributed by atoms with Crippen molar-refractivity contribution in [3.8, 4) is 0 Å². The monoisotopic (exact) mass is 820 g/mol. The van der Waals surface area contributed by atoms with Crippen LogP contribution < -0.4 is 22.1 Å². The maximum Gasteiger partial charge on any atom is 0.481 e. The molecule has 0 saturated carbocycles. The van der Waals surface area contributed by atoms with Crippen LogP contribution in [0.3, 0.4) is 0 Å². The molecule has 7 unspecified atom stereocenters. The summed E-state index contributed by atoms with van der Waals surface area (Å²) in [5, 5.41) is 26.2. The van der Waals surface area contributed by atoms with Crippen molar-refractivity contribution in [2.75, 3.05) is 32.0 Å². The molecule has 2 aromatic heterocycles. The van der Waals surface area contributed by atoms with Gasteiger partial charge in [0.15, 0.2) is 17.7 Å². The van der Waals surface area contributed by atoms with Gasteiger partial charge in [-0.05, 0) is 6.92 Å². The number of aliphatic hydroxyl groups excluding tert-OH is 2. The number of carbonyl (C=O) groups excluding carboxylic acids is 3. The van der Waals surface area contributed by atoms with E-state index in [0.29, 0.717) is 0 Å². The van der Waals surface area contributed by atoms with E-state index >= 15 is 0 Å². The lowest BCUT2D eigenvalue weighted by molar-refractivity contribution is -0.137. The van der Waals surface area contributed by atoms with Crippen LogP contribution in [0.1, 0.15) is 46.3 Å². The number of nitrogens with two attached hydrogens (primary N) is 2. The van der Waals surface area contributed by atoms with Crippen LogP contribution in [-0.2, 0) is 50.7 Å². The minimum atomic E-state index is -5.57. The number of aromatic nitrogens is 4. The Morgan fingerprint density at radius 1 is 1.04 bits per heavy atom. The normalized spacial score (nSPS) is 22.8. The number of hydrogen-bond acceptors (Lipinski definition) is 18. The first kappa shape index (κ1) is 44.6. The summed E-state index contributed by atoms with van der Waals surface area (Å²) in [6.07, 6.45) is -6.73. The molecule has 2 aromatic rings. The highest BCUT2D eigenvalue weighted by molar-refractivity contribution is 7.61. The van der Waals surface area contributed by atoms with Gasteiger partial charge in [0, 0.05) is 43.8 Å². The molecule has 1 aliphatic heterocycles. The molecule has 1 fully saturated rings. The Kier molecular flexibility index (Phi) is 15.3. The molecule has 3 rings (SSSR count). The number of anilines is 1. The number of Topliss-reactive ketones (excluding diaryl/α,β-unsaturated/α-hetero) is 1. The highest BCUT2D eigenvalue weighted by Gasteiger charge is 2.50. The fourth-order valence-corrected chi connectivity index (χ4v) is 7.57. The van der Waals surface area contributed by atoms with E-state index in [0.717, 1.165) is 17.2 Å². The molecule has 8 atom stereocenters. The van der Waals surface area contributed by atoms with Crippen molar-refractivity contribution in [2.24, 2.45) is 11.1 Å². The zero-order chi connectivity index (χ0) is 39.9. The second kappa shape index (κ2) is 18.2. The number of imidazole rings is 1. The number of hydrogen-bond donors (Lipinski definition) is 10. The second-order valence-electron chi connectivity index (χ2n) is 12.5. The van der Waals surface area contributed by atoms with Crippen LogP contribution in [0.5, 0.6) is 0 Å². The van der Waals surface area contributed by atoms with Gasteiger partial charge >= 0.3 is 23.5 Å². The van der Waals surface area contributed by atoms with Crippen molar-refractivity contribution >= 4 is 58.0 Å². The molecule has 2 amide bonds. The maximum absolute atomic E-state index is 12.6. The number of phosphoric ester groups is 3. The lowest BCUT2D eigenvalue weighted by Crippen LogP contribution is -2.46. The number of rotatable bonds is 21. The lowest BCUT2D eigenvalue weighted by atomic mass is 9.87. The summed E-state index contributed by atoms with van der Waals surface area (Å²) in [6.45, 7) is 1.97. The van der Waals surface area contributed by atoms with Crippen LogP contribution in [0.15, 0.2) is 12.7 Å². The van der Waals surface area contributed by atoms with Gasteiger partial charge in [-0.3, -0.25) is 32.5 Å². The molecule has 28 heteroatoms. The van der Waals surface area contributed by atoms with Crippen molar-refractivity contribution in [3.63, 3.8) is 0 Å². The Balaban J connectivity index is 1.53. The number of fused-ring (bicyclic) bond motifs is 1. The summed E-state index contributed by atoms with van der Waals surface area (Å²) in [7, 11) is -16.4. The molecular weight excluding hydrogens is 777 g/mol. The van der Waals surface area contributed by atoms with E-state index in [4.69, 9.17) is 25.3 Å². The average molecular weight is 821 g/mol. The van der Waals surface area contributed by atoms with Gasteiger partial charge in [0.25, 0.3) is 0 Å². The highest BCUT2D eigenvalue weighted by atomic mass is 31.3. The molecule has 1 saturated heterocycles. The van der Waals surface area contributed by atoms with Crippen LogP contribution in [0, 0.1) is 5.41 Å². The number of carbonyl (C=O) groups is 3. The quantitative estimate of drug-likeness (QED) is 0.0615. The third-order valence-electron chi connectivity index (χ3n) is 7.35. The fourth-order valence-electron chi connectivity index (χ4n) is 4.74. The van der Waals surface area contributed by atoms with Gasteiger partial charge in [-0.15, -0.1) is 0 Å². The second-order valence-corrected chi connectivity index (χ2v) is 16.8. The number of ketones is 1. The average Bonchev–Trinajstić information content (AvgIpc) is 3.58. The van der Waals surface area contributed by atoms with Crippen molar-refractivity contribution in [1.82, 2.24) is 30.2 Å². The Morgan fingerprint density at radius 3 is 2.32 bits per heavy atom. The minimum absolute atomic E-state index is 0.0280.